The summed E-state index contributed by atoms with van der Waals surface area (Å²) in [5.41, 5.74) is 12.5. The molecule has 350 valence electrons. The first-order chi connectivity index (χ1) is 33.5. The monoisotopic (exact) mass is 928 g/mol. The Morgan fingerprint density at radius 2 is 1.13 bits per heavy atom. The normalized spacial score (nSPS) is 15.7. The van der Waals surface area contributed by atoms with E-state index >= 15 is 0 Å². The zero-order chi connectivity index (χ0) is 48.6. The molecule has 5 heterocycles. The second-order valence-electron chi connectivity index (χ2n) is 16.4. The molecule has 0 aliphatic carbocycles. The van der Waals surface area contributed by atoms with E-state index in [1.165, 1.54) is 12.3 Å². The van der Waals surface area contributed by atoms with Gasteiger partial charge < -0.3 is 15.5 Å². The number of fused-ring (bicyclic) bond motifs is 2. The number of hydrogen-bond acceptors (Lipinski definition) is 12. The number of carbonyl (C=O) groups excluding carboxylic acids is 4. The summed E-state index contributed by atoms with van der Waals surface area (Å²) in [6.45, 7) is 5.16. The maximum Gasteiger partial charge on any atom is 0.274 e. The highest BCUT2D eigenvalue weighted by Gasteiger charge is 2.36. The van der Waals surface area contributed by atoms with Gasteiger partial charge in [0, 0.05) is 42.8 Å². The molecule has 18 nitrogen and oxygen atoms in total. The minimum atomic E-state index is -0.622. The van der Waals surface area contributed by atoms with Gasteiger partial charge in [0.1, 0.15) is 11.6 Å². The third kappa shape index (κ3) is 9.78. The summed E-state index contributed by atoms with van der Waals surface area (Å²) in [6, 6.07) is 30.1. The molecule has 0 bridgehead atoms. The fourth-order valence-corrected chi connectivity index (χ4v) is 8.81. The van der Waals surface area contributed by atoms with Crippen LogP contribution >= 0.6 is 0 Å². The van der Waals surface area contributed by atoms with Crippen LogP contribution in [0.5, 0.6) is 0 Å². The van der Waals surface area contributed by atoms with E-state index in [4.69, 9.17) is 26.1 Å². The smallest absolute Gasteiger partial charge is 0.274 e. The van der Waals surface area contributed by atoms with E-state index < -0.39 is 17.9 Å². The van der Waals surface area contributed by atoms with Crippen molar-refractivity contribution in [2.24, 2.45) is 5.73 Å². The standard InChI is InChI=1S/C26H23N5O4.C25H25N5O4/c32-24(29-35)18-11-9-17(10-12-18)16-31-23(28-21-7-2-1-6-20(21)26(31)34)22-8-4-14-30(22)25(33)19-5-3-13-27-15-19;1-2-17(14-26)24(32)29-13-5-8-21(29)22-27-20-7-4-3-6-19(20)25(33)30(22)15-16-9-11-18(12-10-16)23(31)28-34/h1-3,5-7,9-13,15,22,35H,4,8,14,16H2,(H,29,32);2-4,6-7,9-12,14,21,34H,1,5,8,13,15,26H2,(H,28,31)/b;17-14+/t22-;21-/m00/s1. The van der Waals surface area contributed by atoms with Gasteiger partial charge in [0.15, 0.2) is 0 Å². The zero-order valence-electron chi connectivity index (χ0n) is 37.3. The third-order valence-corrected chi connectivity index (χ3v) is 12.3. The molecule has 2 aliphatic rings. The predicted octanol–water partition coefficient (Wildman–Crippen LogP) is 5.19. The van der Waals surface area contributed by atoms with Gasteiger partial charge in [-0.3, -0.25) is 53.3 Å². The number of nitrogens with zero attached hydrogens (tertiary/aromatic N) is 7. The Morgan fingerprint density at radius 1 is 0.652 bits per heavy atom. The summed E-state index contributed by atoms with van der Waals surface area (Å²) in [5, 5.41) is 18.7. The van der Waals surface area contributed by atoms with Crippen LogP contribution in [0.3, 0.4) is 0 Å². The summed E-state index contributed by atoms with van der Waals surface area (Å²) in [4.78, 5) is 94.0. The topological polar surface area (TPSA) is 248 Å². The molecule has 0 radical (unpaired) electrons. The number of likely N-dealkylation sites (tertiary alicyclic amines) is 2. The Bertz CT molecular complexity index is 3230. The van der Waals surface area contributed by atoms with Crippen LogP contribution in [0.4, 0.5) is 0 Å². The molecule has 7 aromatic rings. The van der Waals surface area contributed by atoms with Gasteiger partial charge in [-0.15, -0.1) is 0 Å². The Labute approximate surface area is 394 Å². The Hall–Kier alpha value is -8.61. The number of para-hydroxylation sites is 2. The largest absolute Gasteiger partial charge is 0.404 e. The lowest BCUT2D eigenvalue weighted by Crippen LogP contribution is -2.36. The minimum absolute atomic E-state index is 0.145. The molecule has 4 aromatic carbocycles. The first kappa shape index (κ1) is 46.9. The molecule has 2 aliphatic heterocycles. The van der Waals surface area contributed by atoms with Gasteiger partial charge in [-0.25, -0.2) is 20.9 Å². The van der Waals surface area contributed by atoms with E-state index in [0.29, 0.717) is 76.1 Å². The van der Waals surface area contributed by atoms with Gasteiger partial charge in [0.25, 0.3) is 34.7 Å². The van der Waals surface area contributed by atoms with Crippen molar-refractivity contribution in [3.63, 3.8) is 0 Å². The lowest BCUT2D eigenvalue weighted by Gasteiger charge is -2.27. The summed E-state index contributed by atoms with van der Waals surface area (Å²) in [5.74, 6) is -0.616. The van der Waals surface area contributed by atoms with Gasteiger partial charge in [-0.2, -0.15) is 0 Å². The Balaban J connectivity index is 0.000000186. The van der Waals surface area contributed by atoms with Crippen molar-refractivity contribution in [1.29, 1.82) is 0 Å². The number of carbonyl (C=O) groups is 4. The molecule has 4 amide bonds. The molecule has 2 atom stereocenters. The first-order valence-corrected chi connectivity index (χ1v) is 22.2. The maximum atomic E-state index is 13.6. The number of pyridine rings is 1. The SMILES string of the molecule is C=C/C(=C\N)C(=O)N1CCC[C@H]1c1nc2ccccc2c(=O)n1Cc1ccc(C(=O)NO)cc1.O=C(NO)c1ccc(Cn2c([C@@H]3CCCN3C(=O)c3cccnc3)nc3ccccc3c2=O)cc1. The van der Waals surface area contributed by atoms with Crippen LogP contribution in [-0.2, 0) is 17.9 Å². The van der Waals surface area contributed by atoms with Gasteiger partial charge >= 0.3 is 0 Å². The zero-order valence-corrected chi connectivity index (χ0v) is 37.3. The van der Waals surface area contributed by atoms with E-state index in [1.807, 2.05) is 12.1 Å². The molecule has 0 spiro atoms. The third-order valence-electron chi connectivity index (χ3n) is 12.3. The number of nitrogens with two attached hydrogens (primary N) is 1. The first-order valence-electron chi connectivity index (χ1n) is 22.2. The molecule has 18 heteroatoms. The van der Waals surface area contributed by atoms with Crippen molar-refractivity contribution < 1.29 is 29.6 Å². The lowest BCUT2D eigenvalue weighted by atomic mass is 10.1. The van der Waals surface area contributed by atoms with E-state index in [1.54, 1.807) is 139 Å². The highest BCUT2D eigenvalue weighted by atomic mass is 16.5. The number of amides is 4. The number of hydroxylamine groups is 2. The Kier molecular flexibility index (Phi) is 14.2. The number of benzene rings is 4. The molecule has 2 saturated heterocycles. The second-order valence-corrected chi connectivity index (χ2v) is 16.4. The van der Waals surface area contributed by atoms with Crippen LogP contribution in [0.25, 0.3) is 21.8 Å². The summed E-state index contributed by atoms with van der Waals surface area (Å²) in [7, 11) is 0. The van der Waals surface area contributed by atoms with Gasteiger partial charge in [0.2, 0.25) is 0 Å². The van der Waals surface area contributed by atoms with Crippen molar-refractivity contribution in [2.45, 2.75) is 50.9 Å². The second kappa shape index (κ2) is 20.9. The number of aromatic nitrogens is 5. The van der Waals surface area contributed by atoms with Crippen LogP contribution in [0.15, 0.2) is 156 Å². The van der Waals surface area contributed by atoms with Crippen molar-refractivity contribution >= 4 is 45.4 Å². The summed E-state index contributed by atoms with van der Waals surface area (Å²) < 4.78 is 3.20. The summed E-state index contributed by atoms with van der Waals surface area (Å²) in [6.07, 6.45) is 8.72. The number of hydrogen-bond donors (Lipinski definition) is 5. The van der Waals surface area contributed by atoms with Crippen molar-refractivity contribution in [1.82, 2.24) is 44.8 Å². The molecule has 0 saturated carbocycles. The van der Waals surface area contributed by atoms with Crippen LogP contribution in [-0.4, -0.2) is 81.0 Å². The average molecular weight is 929 g/mol. The molecular weight excluding hydrogens is 881 g/mol. The van der Waals surface area contributed by atoms with Gasteiger partial charge in [-0.05, 0) is 97.5 Å². The molecule has 3 aromatic heterocycles. The fourth-order valence-electron chi connectivity index (χ4n) is 8.81. The highest BCUT2D eigenvalue weighted by molar-refractivity contribution is 5.97. The van der Waals surface area contributed by atoms with Crippen molar-refractivity contribution in [3.05, 3.63) is 206 Å². The molecule has 0 unspecified atom stereocenters. The molecule has 69 heavy (non-hydrogen) atoms. The van der Waals surface area contributed by atoms with Crippen LogP contribution in [0.2, 0.25) is 0 Å². The predicted molar refractivity (Wildman–Crippen MR) is 255 cm³/mol. The van der Waals surface area contributed by atoms with Crippen molar-refractivity contribution in [3.8, 4) is 0 Å². The number of nitrogens with one attached hydrogen (secondary N) is 2. The fraction of sp³-hybridized carbons (Fsp3) is 0.196. The average Bonchev–Trinajstić information content (AvgIpc) is 4.10. The van der Waals surface area contributed by atoms with Crippen molar-refractivity contribution in [2.75, 3.05) is 13.1 Å². The molecule has 6 N–H and O–H groups in total. The molecule has 2 fully saturated rings. The van der Waals surface area contributed by atoms with E-state index in [-0.39, 0.29) is 47.6 Å². The van der Waals surface area contributed by atoms with Gasteiger partial charge in [-0.1, -0.05) is 61.2 Å². The number of rotatable bonds is 11. The summed E-state index contributed by atoms with van der Waals surface area (Å²) >= 11 is 0. The maximum absolute atomic E-state index is 13.6. The van der Waals surface area contributed by atoms with E-state index in [9.17, 15) is 28.8 Å². The molecule has 9 rings (SSSR count). The van der Waals surface area contributed by atoms with E-state index in [0.717, 1.165) is 24.0 Å². The van der Waals surface area contributed by atoms with Crippen LogP contribution in [0.1, 0.15) is 91.6 Å². The lowest BCUT2D eigenvalue weighted by molar-refractivity contribution is -0.127. The Morgan fingerprint density at radius 3 is 1.58 bits per heavy atom. The van der Waals surface area contributed by atoms with Crippen LogP contribution < -0.4 is 27.8 Å². The van der Waals surface area contributed by atoms with E-state index in [2.05, 4.69) is 11.6 Å². The minimum Gasteiger partial charge on any atom is -0.404 e. The van der Waals surface area contributed by atoms with Gasteiger partial charge in [0.05, 0.1) is 58.1 Å². The van der Waals surface area contributed by atoms with Crippen LogP contribution in [0, 0.1) is 0 Å². The quantitative estimate of drug-likeness (QED) is 0.0487. The highest BCUT2D eigenvalue weighted by Crippen LogP contribution is 2.34. The molecular formula is C51H48N10O8.